The number of nitrogens with one attached hydrogen (secondary N) is 1. The van der Waals surface area contributed by atoms with Gasteiger partial charge in [0.2, 0.25) is 0 Å². The number of aryl methyl sites for hydroxylation is 1. The fourth-order valence-corrected chi connectivity index (χ4v) is 3.63. The minimum absolute atomic E-state index is 0.0434. The molecule has 0 saturated carbocycles. The van der Waals surface area contributed by atoms with Crippen LogP contribution in [0, 0.1) is 6.92 Å². The van der Waals surface area contributed by atoms with Gasteiger partial charge in [-0.2, -0.15) is 5.10 Å². The molecule has 4 rings (SSSR count). The number of amides is 1. The van der Waals surface area contributed by atoms with E-state index in [9.17, 15) is 4.79 Å². The van der Waals surface area contributed by atoms with Gasteiger partial charge in [-0.1, -0.05) is 0 Å². The summed E-state index contributed by atoms with van der Waals surface area (Å²) in [6.45, 7) is 3.40. The molecule has 1 amide bonds. The van der Waals surface area contributed by atoms with Crippen molar-refractivity contribution in [1.29, 1.82) is 0 Å². The van der Waals surface area contributed by atoms with Crippen molar-refractivity contribution in [3.05, 3.63) is 45.4 Å². The molecule has 0 atom stereocenters. The van der Waals surface area contributed by atoms with Gasteiger partial charge in [-0.25, -0.2) is 4.98 Å². The summed E-state index contributed by atoms with van der Waals surface area (Å²) in [5.74, 6) is 0.0434. The minimum Gasteiger partial charge on any atom is -0.334 e. The SMILES string of the molecule is Cc1[nH]nc2ncc(C(=O)N3CCc4sccc4C3)cc12. The van der Waals surface area contributed by atoms with Crippen LogP contribution in [-0.2, 0) is 13.0 Å². The molecule has 1 aliphatic rings. The Morgan fingerprint density at radius 2 is 2.38 bits per heavy atom. The third-order valence-electron chi connectivity index (χ3n) is 3.94. The van der Waals surface area contributed by atoms with E-state index in [2.05, 4.69) is 26.6 Å². The molecule has 1 N–H and O–H groups in total. The number of carbonyl (C=O) groups excluding carboxylic acids is 1. The summed E-state index contributed by atoms with van der Waals surface area (Å²) in [5, 5.41) is 10.00. The number of H-pyrrole nitrogens is 1. The van der Waals surface area contributed by atoms with E-state index in [4.69, 9.17) is 0 Å². The second kappa shape index (κ2) is 4.66. The number of nitrogens with zero attached hydrogens (tertiary/aromatic N) is 3. The Morgan fingerprint density at radius 3 is 3.29 bits per heavy atom. The molecule has 0 fully saturated rings. The van der Waals surface area contributed by atoms with Crippen molar-refractivity contribution < 1.29 is 4.79 Å². The topological polar surface area (TPSA) is 61.9 Å². The first-order chi connectivity index (χ1) is 10.2. The van der Waals surface area contributed by atoms with E-state index < -0.39 is 0 Å². The number of hydrogen-bond donors (Lipinski definition) is 1. The Hall–Kier alpha value is -2.21. The molecule has 1 aliphatic heterocycles. The van der Waals surface area contributed by atoms with Crippen LogP contribution in [0.15, 0.2) is 23.7 Å². The summed E-state index contributed by atoms with van der Waals surface area (Å²) >= 11 is 1.78. The molecule has 0 aromatic carbocycles. The maximum Gasteiger partial charge on any atom is 0.255 e. The van der Waals surface area contributed by atoms with E-state index in [1.165, 1.54) is 10.4 Å². The second-order valence-corrected chi connectivity index (χ2v) is 6.29. The molecule has 4 heterocycles. The Kier molecular flexibility index (Phi) is 2.78. The van der Waals surface area contributed by atoms with Crippen molar-refractivity contribution >= 4 is 28.3 Å². The molecule has 5 nitrogen and oxygen atoms in total. The van der Waals surface area contributed by atoms with Crippen molar-refractivity contribution in [2.45, 2.75) is 19.9 Å². The molecule has 106 valence electrons. The first-order valence-electron chi connectivity index (χ1n) is 6.87. The number of aromatic nitrogens is 3. The number of aromatic amines is 1. The molecule has 6 heteroatoms. The molecular weight excluding hydrogens is 284 g/mol. The Morgan fingerprint density at radius 1 is 1.48 bits per heavy atom. The van der Waals surface area contributed by atoms with Gasteiger partial charge in [-0.3, -0.25) is 9.89 Å². The van der Waals surface area contributed by atoms with Gasteiger partial charge in [0.15, 0.2) is 5.65 Å². The Balaban J connectivity index is 1.66. The summed E-state index contributed by atoms with van der Waals surface area (Å²) in [6.07, 6.45) is 2.56. The standard InChI is InChI=1S/C15H14N4OS/c1-9-12-6-11(7-16-14(12)18-17-9)15(20)19-4-2-13-10(8-19)3-5-21-13/h3,5-7H,2,4,8H2,1H3,(H,16,17,18). The third-order valence-corrected chi connectivity index (χ3v) is 4.97. The number of thiophene rings is 1. The van der Waals surface area contributed by atoms with Gasteiger partial charge in [-0.15, -0.1) is 11.3 Å². The molecule has 3 aromatic heterocycles. The number of rotatable bonds is 1. The van der Waals surface area contributed by atoms with Crippen LogP contribution in [0.25, 0.3) is 11.0 Å². The van der Waals surface area contributed by atoms with Crippen LogP contribution >= 0.6 is 11.3 Å². The lowest BCUT2D eigenvalue weighted by Crippen LogP contribution is -2.35. The summed E-state index contributed by atoms with van der Waals surface area (Å²) in [5.41, 5.74) is 3.49. The van der Waals surface area contributed by atoms with E-state index in [1.807, 2.05) is 17.9 Å². The van der Waals surface area contributed by atoms with Crippen LogP contribution < -0.4 is 0 Å². The summed E-state index contributed by atoms with van der Waals surface area (Å²) in [6, 6.07) is 3.99. The second-order valence-electron chi connectivity index (χ2n) is 5.29. The van der Waals surface area contributed by atoms with Gasteiger partial charge in [0.25, 0.3) is 5.91 Å². The van der Waals surface area contributed by atoms with Crippen LogP contribution in [0.4, 0.5) is 0 Å². The van der Waals surface area contributed by atoms with E-state index in [1.54, 1.807) is 17.5 Å². The van der Waals surface area contributed by atoms with Gasteiger partial charge in [0.1, 0.15) is 0 Å². The maximum absolute atomic E-state index is 12.7. The highest BCUT2D eigenvalue weighted by Gasteiger charge is 2.23. The van der Waals surface area contributed by atoms with Crippen molar-refractivity contribution in [2.24, 2.45) is 0 Å². The molecule has 0 spiro atoms. The average Bonchev–Trinajstić information content (AvgIpc) is 3.12. The normalized spacial score (nSPS) is 14.4. The zero-order valence-electron chi connectivity index (χ0n) is 11.6. The lowest BCUT2D eigenvalue weighted by atomic mass is 10.1. The monoisotopic (exact) mass is 298 g/mol. The molecular formula is C15H14N4OS. The summed E-state index contributed by atoms with van der Waals surface area (Å²) in [4.78, 5) is 20.2. The smallest absolute Gasteiger partial charge is 0.255 e. The highest BCUT2D eigenvalue weighted by molar-refractivity contribution is 7.10. The van der Waals surface area contributed by atoms with E-state index in [0.29, 0.717) is 17.8 Å². The number of hydrogen-bond acceptors (Lipinski definition) is 4. The first-order valence-corrected chi connectivity index (χ1v) is 7.75. The van der Waals surface area contributed by atoms with Crippen molar-refractivity contribution in [3.63, 3.8) is 0 Å². The summed E-state index contributed by atoms with van der Waals surface area (Å²) in [7, 11) is 0. The molecule has 0 bridgehead atoms. The van der Waals surface area contributed by atoms with Crippen LogP contribution in [0.3, 0.4) is 0 Å². The van der Waals surface area contributed by atoms with Gasteiger partial charge in [0, 0.05) is 35.2 Å². The number of carbonyl (C=O) groups is 1. The van der Waals surface area contributed by atoms with Gasteiger partial charge in [0.05, 0.1) is 5.56 Å². The molecule has 21 heavy (non-hydrogen) atoms. The minimum atomic E-state index is 0.0434. The Labute approximate surface area is 125 Å². The molecule has 0 radical (unpaired) electrons. The fraction of sp³-hybridized carbons (Fsp3) is 0.267. The lowest BCUT2D eigenvalue weighted by Gasteiger charge is -2.27. The maximum atomic E-state index is 12.7. The van der Waals surface area contributed by atoms with Crippen LogP contribution in [0.5, 0.6) is 0 Å². The van der Waals surface area contributed by atoms with Crippen LogP contribution in [-0.4, -0.2) is 32.5 Å². The van der Waals surface area contributed by atoms with Gasteiger partial charge < -0.3 is 4.90 Å². The van der Waals surface area contributed by atoms with Gasteiger partial charge in [-0.05, 0) is 36.4 Å². The highest BCUT2D eigenvalue weighted by Crippen LogP contribution is 2.25. The fourth-order valence-electron chi connectivity index (χ4n) is 2.74. The number of fused-ring (bicyclic) bond motifs is 2. The highest BCUT2D eigenvalue weighted by atomic mass is 32.1. The third kappa shape index (κ3) is 2.03. The number of pyridine rings is 1. The lowest BCUT2D eigenvalue weighted by molar-refractivity contribution is 0.0735. The predicted molar refractivity (Wildman–Crippen MR) is 81.4 cm³/mol. The van der Waals surface area contributed by atoms with Crippen molar-refractivity contribution in [2.75, 3.05) is 6.54 Å². The van der Waals surface area contributed by atoms with E-state index in [-0.39, 0.29) is 5.91 Å². The molecule has 0 aliphatic carbocycles. The Bertz CT molecular complexity index is 835. The average molecular weight is 298 g/mol. The van der Waals surface area contributed by atoms with Crippen molar-refractivity contribution in [3.8, 4) is 0 Å². The van der Waals surface area contributed by atoms with E-state index in [0.717, 1.165) is 24.0 Å². The molecule has 0 unspecified atom stereocenters. The van der Waals surface area contributed by atoms with E-state index >= 15 is 0 Å². The van der Waals surface area contributed by atoms with Crippen LogP contribution in [0.1, 0.15) is 26.5 Å². The zero-order chi connectivity index (χ0) is 14.4. The largest absolute Gasteiger partial charge is 0.334 e. The van der Waals surface area contributed by atoms with Crippen LogP contribution in [0.2, 0.25) is 0 Å². The first kappa shape index (κ1) is 12.5. The molecule has 3 aromatic rings. The van der Waals surface area contributed by atoms with Crippen molar-refractivity contribution in [1.82, 2.24) is 20.1 Å². The molecule has 0 saturated heterocycles. The quantitative estimate of drug-likeness (QED) is 0.751. The predicted octanol–water partition coefficient (Wildman–Crippen LogP) is 2.53. The zero-order valence-corrected chi connectivity index (χ0v) is 12.4. The summed E-state index contributed by atoms with van der Waals surface area (Å²) < 4.78 is 0. The van der Waals surface area contributed by atoms with Gasteiger partial charge >= 0.3 is 0 Å².